The van der Waals surface area contributed by atoms with Crippen LogP contribution in [-0.4, -0.2) is 58.7 Å². The molecule has 3 amide bonds. The molecule has 1 aliphatic heterocycles. The van der Waals surface area contributed by atoms with E-state index in [-0.39, 0.29) is 17.7 Å². The van der Waals surface area contributed by atoms with E-state index in [4.69, 9.17) is 0 Å². The molecular formula is C19H22N4O3. The van der Waals surface area contributed by atoms with Gasteiger partial charge in [0.15, 0.2) is 0 Å². The van der Waals surface area contributed by atoms with Crippen molar-refractivity contribution in [1.82, 2.24) is 14.8 Å². The average molecular weight is 354 g/mol. The summed E-state index contributed by atoms with van der Waals surface area (Å²) in [5.41, 5.74) is 2.09. The Morgan fingerprint density at radius 3 is 2.46 bits per heavy atom. The van der Waals surface area contributed by atoms with Gasteiger partial charge < -0.3 is 20.1 Å². The Morgan fingerprint density at radius 2 is 1.81 bits per heavy atom. The van der Waals surface area contributed by atoms with Gasteiger partial charge in [-0.05, 0) is 29.8 Å². The highest BCUT2D eigenvalue weighted by molar-refractivity contribution is 5.97. The molecule has 1 aliphatic rings. The molecule has 1 aromatic heterocycles. The Balaban J connectivity index is 1.56. The van der Waals surface area contributed by atoms with Crippen LogP contribution in [0.4, 0.5) is 5.69 Å². The van der Waals surface area contributed by atoms with Crippen LogP contribution >= 0.6 is 0 Å². The van der Waals surface area contributed by atoms with E-state index in [1.54, 1.807) is 40.3 Å². The highest BCUT2D eigenvalue weighted by Crippen LogP contribution is 2.15. The first-order chi connectivity index (χ1) is 12.5. The van der Waals surface area contributed by atoms with Gasteiger partial charge in [-0.2, -0.15) is 0 Å². The van der Waals surface area contributed by atoms with Crippen LogP contribution in [0.1, 0.15) is 22.8 Å². The van der Waals surface area contributed by atoms with Gasteiger partial charge in [0.05, 0.1) is 6.42 Å². The third kappa shape index (κ3) is 4.30. The number of anilines is 1. The van der Waals surface area contributed by atoms with Gasteiger partial charge in [0, 0.05) is 56.7 Å². The quantitative estimate of drug-likeness (QED) is 0.872. The fraction of sp³-hybridized carbons (Fsp3) is 0.316. The SMILES string of the molecule is CC(=O)Nc1cccc(C(=O)N2CCN(C(=O)Cc3cc[nH]c3)CC2)c1. The molecule has 0 aliphatic carbocycles. The van der Waals surface area contributed by atoms with Crippen molar-refractivity contribution in [3.8, 4) is 0 Å². The van der Waals surface area contributed by atoms with Crippen LogP contribution in [0.15, 0.2) is 42.7 Å². The number of aromatic nitrogens is 1. The lowest BCUT2D eigenvalue weighted by Crippen LogP contribution is -2.51. The molecule has 0 bridgehead atoms. The second-order valence-electron chi connectivity index (χ2n) is 6.33. The number of benzene rings is 1. The first-order valence-corrected chi connectivity index (χ1v) is 8.59. The van der Waals surface area contributed by atoms with Crippen LogP contribution in [0.25, 0.3) is 0 Å². The minimum Gasteiger partial charge on any atom is -0.367 e. The van der Waals surface area contributed by atoms with E-state index in [9.17, 15) is 14.4 Å². The Labute approximate surface area is 152 Å². The lowest BCUT2D eigenvalue weighted by atomic mass is 10.1. The van der Waals surface area contributed by atoms with Gasteiger partial charge in [0.25, 0.3) is 5.91 Å². The number of carbonyl (C=O) groups is 3. The number of H-pyrrole nitrogens is 1. The minimum atomic E-state index is -0.177. The molecule has 2 heterocycles. The number of hydrogen-bond donors (Lipinski definition) is 2. The summed E-state index contributed by atoms with van der Waals surface area (Å²) in [6, 6.07) is 8.79. The summed E-state index contributed by atoms with van der Waals surface area (Å²) >= 11 is 0. The molecule has 26 heavy (non-hydrogen) atoms. The molecule has 1 fully saturated rings. The molecule has 0 unspecified atom stereocenters. The van der Waals surface area contributed by atoms with E-state index in [0.29, 0.717) is 43.9 Å². The van der Waals surface area contributed by atoms with Gasteiger partial charge in [-0.3, -0.25) is 14.4 Å². The van der Waals surface area contributed by atoms with E-state index in [2.05, 4.69) is 10.3 Å². The average Bonchev–Trinajstić information content (AvgIpc) is 3.14. The molecule has 2 aromatic rings. The van der Waals surface area contributed by atoms with Gasteiger partial charge in [0.2, 0.25) is 11.8 Å². The second-order valence-corrected chi connectivity index (χ2v) is 6.33. The van der Waals surface area contributed by atoms with Gasteiger partial charge >= 0.3 is 0 Å². The van der Waals surface area contributed by atoms with Crippen molar-refractivity contribution < 1.29 is 14.4 Å². The smallest absolute Gasteiger partial charge is 0.254 e. The first kappa shape index (κ1) is 17.7. The van der Waals surface area contributed by atoms with Crippen LogP contribution < -0.4 is 5.32 Å². The number of nitrogens with zero attached hydrogens (tertiary/aromatic N) is 2. The van der Waals surface area contributed by atoms with Crippen LogP contribution in [0.3, 0.4) is 0 Å². The number of piperazine rings is 1. The summed E-state index contributed by atoms with van der Waals surface area (Å²) in [4.78, 5) is 42.7. The van der Waals surface area contributed by atoms with E-state index < -0.39 is 0 Å². The zero-order valence-corrected chi connectivity index (χ0v) is 14.7. The maximum atomic E-state index is 12.7. The van der Waals surface area contributed by atoms with E-state index in [1.807, 2.05) is 12.3 Å². The van der Waals surface area contributed by atoms with Crippen LogP contribution in [0.5, 0.6) is 0 Å². The van der Waals surface area contributed by atoms with Crippen molar-refractivity contribution in [2.45, 2.75) is 13.3 Å². The van der Waals surface area contributed by atoms with Crippen LogP contribution in [-0.2, 0) is 16.0 Å². The molecule has 2 N–H and O–H groups in total. The van der Waals surface area contributed by atoms with Gasteiger partial charge in [0.1, 0.15) is 0 Å². The van der Waals surface area contributed by atoms with Crippen LogP contribution in [0, 0.1) is 0 Å². The summed E-state index contributed by atoms with van der Waals surface area (Å²) in [7, 11) is 0. The predicted molar refractivity (Wildman–Crippen MR) is 97.7 cm³/mol. The molecule has 0 radical (unpaired) electrons. The molecule has 1 aromatic carbocycles. The zero-order valence-electron chi connectivity index (χ0n) is 14.7. The van der Waals surface area contributed by atoms with Gasteiger partial charge in [-0.1, -0.05) is 6.07 Å². The standard InChI is InChI=1S/C19H22N4O3/c1-14(24)21-17-4-2-3-16(12-17)19(26)23-9-7-22(8-10-23)18(25)11-15-5-6-20-13-15/h2-6,12-13,20H,7-11H2,1H3,(H,21,24). The van der Waals surface area contributed by atoms with Crippen molar-refractivity contribution in [2.75, 3.05) is 31.5 Å². The predicted octanol–water partition coefficient (Wildman–Crippen LogP) is 1.50. The van der Waals surface area contributed by atoms with Crippen molar-refractivity contribution in [3.05, 3.63) is 53.9 Å². The van der Waals surface area contributed by atoms with E-state index in [0.717, 1.165) is 5.56 Å². The number of hydrogen-bond acceptors (Lipinski definition) is 3. The molecule has 3 rings (SSSR count). The largest absolute Gasteiger partial charge is 0.367 e. The molecule has 0 saturated carbocycles. The number of carbonyl (C=O) groups excluding carboxylic acids is 3. The van der Waals surface area contributed by atoms with Crippen molar-refractivity contribution in [3.63, 3.8) is 0 Å². The van der Waals surface area contributed by atoms with Gasteiger partial charge in [-0.15, -0.1) is 0 Å². The lowest BCUT2D eigenvalue weighted by Gasteiger charge is -2.35. The molecule has 7 nitrogen and oxygen atoms in total. The molecule has 136 valence electrons. The fourth-order valence-corrected chi connectivity index (χ4v) is 3.03. The lowest BCUT2D eigenvalue weighted by molar-refractivity contribution is -0.131. The summed E-state index contributed by atoms with van der Waals surface area (Å²) in [5, 5.41) is 2.68. The highest BCUT2D eigenvalue weighted by atomic mass is 16.2. The Hall–Kier alpha value is -3.09. The molecule has 0 spiro atoms. The Bertz CT molecular complexity index is 793. The molecule has 1 saturated heterocycles. The Kier molecular flexibility index (Phi) is 5.36. The summed E-state index contributed by atoms with van der Waals surface area (Å²) in [5.74, 6) is -0.191. The Morgan fingerprint density at radius 1 is 1.08 bits per heavy atom. The van der Waals surface area contributed by atoms with Crippen molar-refractivity contribution in [1.29, 1.82) is 0 Å². The first-order valence-electron chi connectivity index (χ1n) is 8.59. The van der Waals surface area contributed by atoms with E-state index >= 15 is 0 Å². The number of amides is 3. The van der Waals surface area contributed by atoms with Crippen molar-refractivity contribution in [2.24, 2.45) is 0 Å². The number of nitrogens with one attached hydrogen (secondary N) is 2. The van der Waals surface area contributed by atoms with Crippen molar-refractivity contribution >= 4 is 23.4 Å². The summed E-state index contributed by atoms with van der Waals surface area (Å²) < 4.78 is 0. The third-order valence-corrected chi connectivity index (χ3v) is 4.37. The number of rotatable bonds is 4. The maximum Gasteiger partial charge on any atom is 0.254 e. The van der Waals surface area contributed by atoms with Gasteiger partial charge in [-0.25, -0.2) is 0 Å². The molecule has 7 heteroatoms. The zero-order chi connectivity index (χ0) is 18.5. The summed E-state index contributed by atoms with van der Waals surface area (Å²) in [6.07, 6.45) is 3.99. The molecular weight excluding hydrogens is 332 g/mol. The van der Waals surface area contributed by atoms with E-state index in [1.165, 1.54) is 6.92 Å². The second kappa shape index (κ2) is 7.86. The monoisotopic (exact) mass is 354 g/mol. The topological polar surface area (TPSA) is 85.5 Å². The minimum absolute atomic E-state index is 0.0735. The highest BCUT2D eigenvalue weighted by Gasteiger charge is 2.25. The fourth-order valence-electron chi connectivity index (χ4n) is 3.03. The van der Waals surface area contributed by atoms with Crippen LogP contribution in [0.2, 0.25) is 0 Å². The third-order valence-electron chi connectivity index (χ3n) is 4.37. The maximum absolute atomic E-state index is 12.7. The summed E-state index contributed by atoms with van der Waals surface area (Å²) in [6.45, 7) is 3.49. The normalized spacial score (nSPS) is 14.2. The molecule has 0 atom stereocenters. The number of aromatic amines is 1.